The van der Waals surface area contributed by atoms with Crippen LogP contribution in [-0.2, 0) is 6.42 Å². The molecule has 0 unspecified atom stereocenters. The lowest BCUT2D eigenvalue weighted by atomic mass is 9.95. The first kappa shape index (κ1) is 17.3. The number of nitrogens with zero attached hydrogens (tertiary/aromatic N) is 2. The summed E-state index contributed by atoms with van der Waals surface area (Å²) in [5, 5.41) is 3.34. The molecule has 3 atom stereocenters. The van der Waals surface area contributed by atoms with Crippen LogP contribution in [0.25, 0.3) is 0 Å². The number of carbonyl (C=O) groups is 1. The molecule has 1 saturated heterocycles. The van der Waals surface area contributed by atoms with Crippen LogP contribution in [-0.4, -0.2) is 55.6 Å². The smallest absolute Gasteiger partial charge is 0.317 e. The fraction of sp³-hybridized carbons (Fsp3) is 0.650. The second-order valence-electron chi connectivity index (χ2n) is 7.80. The molecule has 3 rings (SSSR count). The first-order chi connectivity index (χ1) is 11.6. The third-order valence-electron chi connectivity index (χ3n) is 5.51. The molecular formula is C20H31N3O. The summed E-state index contributed by atoms with van der Waals surface area (Å²) in [7, 11) is 4.21. The Morgan fingerprint density at radius 1 is 1.21 bits per heavy atom. The molecule has 2 aliphatic rings. The highest BCUT2D eigenvalue weighted by molar-refractivity contribution is 5.74. The molecule has 4 heteroatoms. The summed E-state index contributed by atoms with van der Waals surface area (Å²) in [5.74, 6) is 1.20. The maximum absolute atomic E-state index is 12.6. The zero-order chi connectivity index (χ0) is 16.9. The lowest BCUT2D eigenvalue weighted by Crippen LogP contribution is -2.45. The van der Waals surface area contributed by atoms with Crippen molar-refractivity contribution in [1.29, 1.82) is 0 Å². The third kappa shape index (κ3) is 4.50. The molecule has 24 heavy (non-hydrogen) atoms. The first-order valence-corrected chi connectivity index (χ1v) is 9.36. The summed E-state index contributed by atoms with van der Waals surface area (Å²) in [6, 6.07) is 11.2. The molecule has 1 aromatic carbocycles. The van der Waals surface area contributed by atoms with Gasteiger partial charge in [-0.05, 0) is 57.2 Å². The number of urea groups is 1. The zero-order valence-electron chi connectivity index (χ0n) is 15.1. The molecule has 2 fully saturated rings. The second-order valence-corrected chi connectivity index (χ2v) is 7.80. The fourth-order valence-corrected chi connectivity index (χ4v) is 4.32. The topological polar surface area (TPSA) is 35.6 Å². The maximum Gasteiger partial charge on any atom is 0.317 e. The Morgan fingerprint density at radius 2 is 2.00 bits per heavy atom. The Balaban J connectivity index is 1.50. The second kappa shape index (κ2) is 8.02. The van der Waals surface area contributed by atoms with Gasteiger partial charge in [0.05, 0.1) is 0 Å². The summed E-state index contributed by atoms with van der Waals surface area (Å²) in [6.45, 7) is 2.88. The van der Waals surface area contributed by atoms with Crippen molar-refractivity contribution < 1.29 is 4.79 Å². The van der Waals surface area contributed by atoms with E-state index in [9.17, 15) is 4.79 Å². The Hall–Kier alpha value is -1.55. The molecule has 0 spiro atoms. The van der Waals surface area contributed by atoms with Crippen molar-refractivity contribution in [2.75, 3.05) is 33.7 Å². The van der Waals surface area contributed by atoms with Crippen LogP contribution in [0.15, 0.2) is 30.3 Å². The number of amides is 2. The highest BCUT2D eigenvalue weighted by Crippen LogP contribution is 2.29. The Labute approximate surface area is 146 Å². The monoisotopic (exact) mass is 329 g/mol. The minimum Gasteiger partial charge on any atom is -0.335 e. The van der Waals surface area contributed by atoms with E-state index < -0.39 is 0 Å². The molecule has 0 aromatic heterocycles. The predicted molar refractivity (Wildman–Crippen MR) is 98.0 cm³/mol. The van der Waals surface area contributed by atoms with E-state index in [0.29, 0.717) is 17.9 Å². The van der Waals surface area contributed by atoms with Crippen LogP contribution in [0.2, 0.25) is 0 Å². The molecule has 0 radical (unpaired) electrons. The highest BCUT2D eigenvalue weighted by atomic mass is 16.2. The average Bonchev–Trinajstić information content (AvgIpc) is 3.18. The van der Waals surface area contributed by atoms with E-state index >= 15 is 0 Å². The molecule has 2 amide bonds. The quantitative estimate of drug-likeness (QED) is 0.901. The van der Waals surface area contributed by atoms with E-state index in [0.717, 1.165) is 38.9 Å². The van der Waals surface area contributed by atoms with E-state index in [1.807, 2.05) is 4.90 Å². The van der Waals surface area contributed by atoms with Crippen LogP contribution < -0.4 is 5.32 Å². The van der Waals surface area contributed by atoms with Crippen LogP contribution in [0.4, 0.5) is 4.79 Å². The van der Waals surface area contributed by atoms with Gasteiger partial charge in [0.15, 0.2) is 0 Å². The molecule has 1 N–H and O–H groups in total. The summed E-state index contributed by atoms with van der Waals surface area (Å²) in [5.41, 5.74) is 1.39. The van der Waals surface area contributed by atoms with Gasteiger partial charge in [0.25, 0.3) is 0 Å². The molecule has 1 heterocycles. The summed E-state index contributed by atoms with van der Waals surface area (Å²) in [4.78, 5) is 16.9. The SMILES string of the molecule is CN(C)C[C@@H]1CCN(C(=O)N[C@@H]2CCC[C@@H]2Cc2ccccc2)C1. The van der Waals surface area contributed by atoms with E-state index in [2.05, 4.69) is 54.6 Å². The van der Waals surface area contributed by atoms with Crippen molar-refractivity contribution in [2.24, 2.45) is 11.8 Å². The first-order valence-electron chi connectivity index (χ1n) is 9.36. The van der Waals surface area contributed by atoms with Gasteiger partial charge in [-0.1, -0.05) is 36.8 Å². The maximum atomic E-state index is 12.6. The van der Waals surface area contributed by atoms with Crippen molar-refractivity contribution in [1.82, 2.24) is 15.1 Å². The van der Waals surface area contributed by atoms with Gasteiger partial charge in [-0.2, -0.15) is 0 Å². The lowest BCUT2D eigenvalue weighted by Gasteiger charge is -2.25. The average molecular weight is 329 g/mol. The van der Waals surface area contributed by atoms with Crippen molar-refractivity contribution in [3.63, 3.8) is 0 Å². The molecular weight excluding hydrogens is 298 g/mol. The van der Waals surface area contributed by atoms with Crippen molar-refractivity contribution >= 4 is 6.03 Å². The van der Waals surface area contributed by atoms with Gasteiger partial charge in [0.1, 0.15) is 0 Å². The molecule has 1 aliphatic carbocycles. The highest BCUT2D eigenvalue weighted by Gasteiger charge is 2.32. The van der Waals surface area contributed by atoms with E-state index in [1.54, 1.807) is 0 Å². The summed E-state index contributed by atoms with van der Waals surface area (Å²) in [6.07, 6.45) is 5.78. The molecule has 0 bridgehead atoms. The van der Waals surface area contributed by atoms with Gasteiger partial charge in [-0.15, -0.1) is 0 Å². The zero-order valence-corrected chi connectivity index (χ0v) is 15.1. The number of likely N-dealkylation sites (tertiary alicyclic amines) is 1. The minimum absolute atomic E-state index is 0.154. The van der Waals surface area contributed by atoms with Gasteiger partial charge in [0, 0.05) is 25.7 Å². The number of nitrogens with one attached hydrogen (secondary N) is 1. The third-order valence-corrected chi connectivity index (χ3v) is 5.51. The van der Waals surface area contributed by atoms with Gasteiger partial charge < -0.3 is 15.1 Å². The van der Waals surface area contributed by atoms with Gasteiger partial charge >= 0.3 is 6.03 Å². The van der Waals surface area contributed by atoms with Gasteiger partial charge in [-0.3, -0.25) is 0 Å². The molecule has 1 aliphatic heterocycles. The largest absolute Gasteiger partial charge is 0.335 e. The Kier molecular flexibility index (Phi) is 5.77. The fourth-order valence-electron chi connectivity index (χ4n) is 4.32. The van der Waals surface area contributed by atoms with Crippen LogP contribution in [0, 0.1) is 11.8 Å². The number of carbonyl (C=O) groups excluding carboxylic acids is 1. The normalized spacial score (nSPS) is 27.0. The van der Waals surface area contributed by atoms with Crippen LogP contribution >= 0.6 is 0 Å². The van der Waals surface area contributed by atoms with Crippen LogP contribution in [0.5, 0.6) is 0 Å². The minimum atomic E-state index is 0.154. The number of hydrogen-bond acceptors (Lipinski definition) is 2. The Bertz CT molecular complexity index is 531. The van der Waals surface area contributed by atoms with Gasteiger partial charge in [-0.25, -0.2) is 4.79 Å². The number of hydrogen-bond donors (Lipinski definition) is 1. The lowest BCUT2D eigenvalue weighted by molar-refractivity contribution is 0.198. The van der Waals surface area contributed by atoms with E-state index in [1.165, 1.54) is 18.4 Å². The van der Waals surface area contributed by atoms with Crippen LogP contribution in [0.3, 0.4) is 0 Å². The number of rotatable bonds is 5. The van der Waals surface area contributed by atoms with E-state index in [4.69, 9.17) is 0 Å². The van der Waals surface area contributed by atoms with Crippen molar-refractivity contribution in [3.05, 3.63) is 35.9 Å². The standard InChI is InChI=1S/C20H31N3O/c1-22(2)14-17-11-12-23(15-17)20(24)21-19-10-6-9-18(19)13-16-7-4-3-5-8-16/h3-5,7-8,17-19H,6,9-15H2,1-2H3,(H,21,24)/t17-,18+,19+/m0/s1. The number of benzene rings is 1. The van der Waals surface area contributed by atoms with Crippen molar-refractivity contribution in [3.8, 4) is 0 Å². The Morgan fingerprint density at radius 3 is 2.75 bits per heavy atom. The van der Waals surface area contributed by atoms with E-state index in [-0.39, 0.29) is 6.03 Å². The predicted octanol–water partition coefficient (Wildman–Crippen LogP) is 2.99. The molecule has 132 valence electrons. The molecule has 4 nitrogen and oxygen atoms in total. The van der Waals surface area contributed by atoms with Crippen molar-refractivity contribution in [2.45, 2.75) is 38.1 Å². The molecule has 1 saturated carbocycles. The summed E-state index contributed by atoms with van der Waals surface area (Å²) < 4.78 is 0. The molecule has 1 aromatic rings. The summed E-state index contributed by atoms with van der Waals surface area (Å²) >= 11 is 0. The van der Waals surface area contributed by atoms with Crippen LogP contribution in [0.1, 0.15) is 31.2 Å². The van der Waals surface area contributed by atoms with Gasteiger partial charge in [0.2, 0.25) is 0 Å².